The number of rotatable bonds is 7. The first kappa shape index (κ1) is 16.0. The van der Waals surface area contributed by atoms with Crippen LogP contribution in [0.3, 0.4) is 0 Å². The molecule has 0 bridgehead atoms. The van der Waals surface area contributed by atoms with Gasteiger partial charge in [-0.2, -0.15) is 0 Å². The predicted molar refractivity (Wildman–Crippen MR) is 75.4 cm³/mol. The molecule has 0 radical (unpaired) electrons. The molecule has 1 N–H and O–H groups in total. The SMILES string of the molecule is CCOC(=O)C(NCCOC)c1ccc(Cl)cc1C. The Morgan fingerprint density at radius 1 is 1.47 bits per heavy atom. The summed E-state index contributed by atoms with van der Waals surface area (Å²) in [4.78, 5) is 12.0. The van der Waals surface area contributed by atoms with Crippen molar-refractivity contribution in [3.63, 3.8) is 0 Å². The lowest BCUT2D eigenvalue weighted by molar-refractivity contribution is -0.145. The Kier molecular flexibility index (Phi) is 6.84. The number of halogens is 1. The summed E-state index contributed by atoms with van der Waals surface area (Å²) in [6.07, 6.45) is 0. The zero-order valence-electron chi connectivity index (χ0n) is 11.5. The smallest absolute Gasteiger partial charge is 0.327 e. The number of benzene rings is 1. The molecule has 0 saturated heterocycles. The number of esters is 1. The topological polar surface area (TPSA) is 47.6 Å². The number of carbonyl (C=O) groups excluding carboxylic acids is 1. The molecule has 0 amide bonds. The first-order valence-corrected chi connectivity index (χ1v) is 6.63. The van der Waals surface area contributed by atoms with Crippen molar-refractivity contribution in [3.8, 4) is 0 Å². The van der Waals surface area contributed by atoms with Crippen LogP contribution in [0.4, 0.5) is 0 Å². The average molecular weight is 286 g/mol. The summed E-state index contributed by atoms with van der Waals surface area (Å²) in [7, 11) is 1.62. The van der Waals surface area contributed by atoms with E-state index in [2.05, 4.69) is 5.32 Å². The molecule has 1 aromatic rings. The normalized spacial score (nSPS) is 12.2. The molecule has 0 aromatic heterocycles. The minimum atomic E-state index is -0.493. The first-order valence-electron chi connectivity index (χ1n) is 6.25. The van der Waals surface area contributed by atoms with Gasteiger partial charge in [0.2, 0.25) is 0 Å². The third-order valence-electron chi connectivity index (χ3n) is 2.72. The van der Waals surface area contributed by atoms with Gasteiger partial charge in [0.05, 0.1) is 13.2 Å². The van der Waals surface area contributed by atoms with Crippen LogP contribution in [0.15, 0.2) is 18.2 Å². The van der Waals surface area contributed by atoms with Crippen molar-refractivity contribution in [2.24, 2.45) is 0 Å². The molecule has 1 aromatic carbocycles. The van der Waals surface area contributed by atoms with Gasteiger partial charge in [0, 0.05) is 18.7 Å². The number of ether oxygens (including phenoxy) is 2. The van der Waals surface area contributed by atoms with E-state index in [1.807, 2.05) is 19.1 Å². The number of methoxy groups -OCH3 is 1. The summed E-state index contributed by atoms with van der Waals surface area (Å²) in [6.45, 7) is 5.17. The number of carbonyl (C=O) groups is 1. The largest absolute Gasteiger partial charge is 0.465 e. The monoisotopic (exact) mass is 285 g/mol. The molecule has 1 atom stereocenters. The second-order valence-electron chi connectivity index (χ2n) is 4.13. The highest BCUT2D eigenvalue weighted by molar-refractivity contribution is 6.30. The van der Waals surface area contributed by atoms with Gasteiger partial charge in [0.1, 0.15) is 6.04 Å². The molecule has 19 heavy (non-hydrogen) atoms. The number of aryl methyl sites for hydroxylation is 1. The molecule has 5 heteroatoms. The van der Waals surface area contributed by atoms with Gasteiger partial charge in [0.15, 0.2) is 0 Å². The van der Waals surface area contributed by atoms with Crippen LogP contribution in [0.2, 0.25) is 5.02 Å². The molecule has 1 unspecified atom stereocenters. The zero-order valence-corrected chi connectivity index (χ0v) is 12.3. The van der Waals surface area contributed by atoms with Crippen LogP contribution in [0, 0.1) is 6.92 Å². The highest BCUT2D eigenvalue weighted by atomic mass is 35.5. The van der Waals surface area contributed by atoms with Gasteiger partial charge >= 0.3 is 5.97 Å². The maximum Gasteiger partial charge on any atom is 0.327 e. The molecule has 0 spiro atoms. The van der Waals surface area contributed by atoms with Gasteiger partial charge in [-0.1, -0.05) is 17.7 Å². The first-order chi connectivity index (χ1) is 9.10. The Hall–Kier alpha value is -1.10. The zero-order chi connectivity index (χ0) is 14.3. The van der Waals surface area contributed by atoms with Gasteiger partial charge in [-0.3, -0.25) is 5.32 Å². The Labute approximate surface area is 119 Å². The molecule has 0 saturated carbocycles. The fourth-order valence-electron chi connectivity index (χ4n) is 1.81. The van der Waals surface area contributed by atoms with Crippen molar-refractivity contribution in [2.75, 3.05) is 26.9 Å². The summed E-state index contributed by atoms with van der Waals surface area (Å²) in [6, 6.07) is 4.96. The number of nitrogens with one attached hydrogen (secondary N) is 1. The van der Waals surface area contributed by atoms with E-state index in [0.29, 0.717) is 24.8 Å². The van der Waals surface area contributed by atoms with Gasteiger partial charge in [-0.25, -0.2) is 4.79 Å². The second-order valence-corrected chi connectivity index (χ2v) is 4.57. The molecule has 0 aliphatic rings. The summed E-state index contributed by atoms with van der Waals surface area (Å²) < 4.78 is 10.1. The lowest BCUT2D eigenvalue weighted by Crippen LogP contribution is -2.33. The molecule has 0 heterocycles. The van der Waals surface area contributed by atoms with Crippen molar-refractivity contribution in [2.45, 2.75) is 19.9 Å². The summed E-state index contributed by atoms with van der Waals surface area (Å²) in [5.41, 5.74) is 1.83. The van der Waals surface area contributed by atoms with Gasteiger partial charge in [0.25, 0.3) is 0 Å². The van der Waals surface area contributed by atoms with Gasteiger partial charge in [-0.15, -0.1) is 0 Å². The van der Waals surface area contributed by atoms with Crippen LogP contribution >= 0.6 is 11.6 Å². The van der Waals surface area contributed by atoms with Crippen LogP contribution in [0.5, 0.6) is 0 Å². The molecule has 1 rings (SSSR count). The fourth-order valence-corrected chi connectivity index (χ4v) is 2.04. The van der Waals surface area contributed by atoms with E-state index in [1.54, 1.807) is 20.1 Å². The van der Waals surface area contributed by atoms with E-state index < -0.39 is 6.04 Å². The number of hydrogen-bond donors (Lipinski definition) is 1. The molecule has 0 aliphatic carbocycles. The van der Waals surface area contributed by atoms with E-state index in [0.717, 1.165) is 11.1 Å². The maximum atomic E-state index is 12.0. The minimum absolute atomic E-state index is 0.288. The fraction of sp³-hybridized carbons (Fsp3) is 0.500. The lowest BCUT2D eigenvalue weighted by atomic mass is 10.0. The lowest BCUT2D eigenvalue weighted by Gasteiger charge is -2.19. The van der Waals surface area contributed by atoms with Crippen molar-refractivity contribution in [1.82, 2.24) is 5.32 Å². The van der Waals surface area contributed by atoms with Gasteiger partial charge < -0.3 is 9.47 Å². The predicted octanol–water partition coefficient (Wildman–Crippen LogP) is 2.49. The van der Waals surface area contributed by atoms with E-state index in [4.69, 9.17) is 21.1 Å². The minimum Gasteiger partial charge on any atom is -0.465 e. The Morgan fingerprint density at radius 3 is 2.79 bits per heavy atom. The second kappa shape index (κ2) is 8.15. The van der Waals surface area contributed by atoms with E-state index in [-0.39, 0.29) is 5.97 Å². The van der Waals surface area contributed by atoms with Crippen molar-refractivity contribution >= 4 is 17.6 Å². The van der Waals surface area contributed by atoms with Crippen LogP contribution in [-0.2, 0) is 14.3 Å². The summed E-state index contributed by atoms with van der Waals surface area (Å²) in [5, 5.41) is 3.79. The Morgan fingerprint density at radius 2 is 2.21 bits per heavy atom. The number of hydrogen-bond acceptors (Lipinski definition) is 4. The maximum absolute atomic E-state index is 12.0. The average Bonchev–Trinajstić information content (AvgIpc) is 2.36. The highest BCUT2D eigenvalue weighted by Crippen LogP contribution is 2.22. The summed E-state index contributed by atoms with van der Waals surface area (Å²) >= 11 is 5.93. The van der Waals surface area contributed by atoms with Crippen molar-refractivity contribution in [3.05, 3.63) is 34.3 Å². The molecule has 4 nitrogen and oxygen atoms in total. The van der Waals surface area contributed by atoms with E-state index >= 15 is 0 Å². The molecule has 106 valence electrons. The molecule has 0 aliphatic heterocycles. The van der Waals surface area contributed by atoms with Gasteiger partial charge in [-0.05, 0) is 37.1 Å². The third-order valence-corrected chi connectivity index (χ3v) is 2.95. The standard InChI is InChI=1S/C14H20ClNO3/c1-4-19-14(17)13(16-7-8-18-3)12-6-5-11(15)9-10(12)2/h5-6,9,13,16H,4,7-8H2,1-3H3. The Balaban J connectivity index is 2.90. The van der Waals surface area contributed by atoms with Crippen LogP contribution in [-0.4, -0.2) is 32.8 Å². The van der Waals surface area contributed by atoms with E-state index in [1.165, 1.54) is 0 Å². The van der Waals surface area contributed by atoms with Crippen LogP contribution < -0.4 is 5.32 Å². The molecular weight excluding hydrogens is 266 g/mol. The quantitative estimate of drug-likeness (QED) is 0.618. The summed E-state index contributed by atoms with van der Waals surface area (Å²) in [5.74, 6) is -0.288. The molecular formula is C14H20ClNO3. The van der Waals surface area contributed by atoms with Crippen molar-refractivity contribution in [1.29, 1.82) is 0 Å². The van der Waals surface area contributed by atoms with E-state index in [9.17, 15) is 4.79 Å². The van der Waals surface area contributed by atoms with Crippen LogP contribution in [0.1, 0.15) is 24.1 Å². The molecule has 0 fully saturated rings. The Bertz CT molecular complexity index is 423. The van der Waals surface area contributed by atoms with Crippen molar-refractivity contribution < 1.29 is 14.3 Å². The third kappa shape index (κ3) is 4.82. The highest BCUT2D eigenvalue weighted by Gasteiger charge is 2.22. The van der Waals surface area contributed by atoms with Crippen LogP contribution in [0.25, 0.3) is 0 Å².